The number of fused-ring (bicyclic) bond motifs is 1. The second-order valence-corrected chi connectivity index (χ2v) is 9.72. The van der Waals surface area contributed by atoms with Crippen molar-refractivity contribution in [1.29, 1.82) is 0 Å². The normalized spacial score (nSPS) is 18.1. The molecule has 2 heterocycles. The molecule has 0 aromatic heterocycles. The second kappa shape index (κ2) is 10.6. The van der Waals surface area contributed by atoms with E-state index in [1.807, 2.05) is 50.1 Å². The number of hydrogen-bond acceptors (Lipinski definition) is 7. The fourth-order valence-corrected chi connectivity index (χ4v) is 4.94. The smallest absolute Gasteiger partial charge is 0.338 e. The molecule has 3 aromatic carbocycles. The molecule has 1 unspecified atom stereocenters. The quantitative estimate of drug-likeness (QED) is 0.209. The van der Waals surface area contributed by atoms with Crippen LogP contribution in [0.4, 0.5) is 11.4 Å². The van der Waals surface area contributed by atoms with E-state index in [0.717, 1.165) is 11.3 Å². The number of Topliss-reactive ketones (excluding diaryl/α,β-unsaturated/α-hetero) is 1. The fourth-order valence-electron chi connectivity index (χ4n) is 4.94. The number of likely N-dealkylation sites (N-methyl/N-ethyl adjacent to an activating group) is 1. The van der Waals surface area contributed by atoms with E-state index in [2.05, 4.69) is 0 Å². The summed E-state index contributed by atoms with van der Waals surface area (Å²) >= 11 is 0. The molecule has 200 valence electrons. The summed E-state index contributed by atoms with van der Waals surface area (Å²) < 4.78 is 10.9. The van der Waals surface area contributed by atoms with Crippen molar-refractivity contribution in [2.75, 3.05) is 36.6 Å². The summed E-state index contributed by atoms with van der Waals surface area (Å²) in [6.07, 6.45) is 0.707. The molecule has 2 aliphatic heterocycles. The molecule has 0 radical (unpaired) electrons. The summed E-state index contributed by atoms with van der Waals surface area (Å²) in [5.74, 6) is -1.57. The highest BCUT2D eigenvalue weighted by Crippen LogP contribution is 2.43. The van der Waals surface area contributed by atoms with Crippen LogP contribution < -0.4 is 14.5 Å². The molecule has 8 heteroatoms. The summed E-state index contributed by atoms with van der Waals surface area (Å²) in [6, 6.07) is 18.2. The standard InChI is InChI=1S/C31H30N2O6/c1-4-15-39-31(37)20-8-11-23(12-9-20)33-27(21-7-5-6-19(2)17-21)26(29(35)30(33)36)28(34)22-10-13-25-24(18-22)32(3)14-16-38-25/h5-13,17-18,27,34H,4,14-16H2,1-3H3/b28-26-. The lowest BCUT2D eigenvalue weighted by molar-refractivity contribution is -0.132. The zero-order valence-corrected chi connectivity index (χ0v) is 22.1. The van der Waals surface area contributed by atoms with Gasteiger partial charge in [-0.2, -0.15) is 0 Å². The molecule has 0 aliphatic carbocycles. The van der Waals surface area contributed by atoms with E-state index < -0.39 is 23.7 Å². The first-order chi connectivity index (χ1) is 18.8. The van der Waals surface area contributed by atoms with Crippen molar-refractivity contribution in [2.45, 2.75) is 26.3 Å². The van der Waals surface area contributed by atoms with Crippen LogP contribution in [0.3, 0.4) is 0 Å². The average Bonchev–Trinajstić information content (AvgIpc) is 3.21. The van der Waals surface area contributed by atoms with Crippen molar-refractivity contribution in [3.8, 4) is 5.75 Å². The molecule has 1 fully saturated rings. The van der Waals surface area contributed by atoms with Crippen molar-refractivity contribution in [1.82, 2.24) is 0 Å². The number of aliphatic hydroxyl groups is 1. The second-order valence-electron chi connectivity index (χ2n) is 9.72. The molecule has 1 saturated heterocycles. The van der Waals surface area contributed by atoms with Gasteiger partial charge in [0.2, 0.25) is 0 Å². The Morgan fingerprint density at radius 2 is 1.79 bits per heavy atom. The van der Waals surface area contributed by atoms with Gasteiger partial charge < -0.3 is 19.5 Å². The number of anilines is 2. The zero-order chi connectivity index (χ0) is 27.7. The number of aliphatic hydroxyl groups excluding tert-OH is 1. The summed E-state index contributed by atoms with van der Waals surface area (Å²) in [5, 5.41) is 11.5. The van der Waals surface area contributed by atoms with Gasteiger partial charge in [0, 0.05) is 18.3 Å². The number of hydrogen-bond donors (Lipinski definition) is 1. The Morgan fingerprint density at radius 1 is 1.05 bits per heavy atom. The lowest BCUT2D eigenvalue weighted by Gasteiger charge is -2.28. The number of benzene rings is 3. The minimum absolute atomic E-state index is 0.00337. The van der Waals surface area contributed by atoms with Crippen LogP contribution in [0.25, 0.3) is 5.76 Å². The molecule has 1 atom stereocenters. The number of ketones is 1. The van der Waals surface area contributed by atoms with Gasteiger partial charge in [-0.05, 0) is 61.4 Å². The highest BCUT2D eigenvalue weighted by atomic mass is 16.5. The van der Waals surface area contributed by atoms with Gasteiger partial charge in [0.25, 0.3) is 11.7 Å². The van der Waals surface area contributed by atoms with E-state index in [1.54, 1.807) is 42.5 Å². The minimum atomic E-state index is -0.868. The van der Waals surface area contributed by atoms with Crippen LogP contribution in [0.5, 0.6) is 5.75 Å². The van der Waals surface area contributed by atoms with Gasteiger partial charge in [-0.3, -0.25) is 14.5 Å². The Labute approximate surface area is 227 Å². The fraction of sp³-hybridized carbons (Fsp3) is 0.258. The van der Waals surface area contributed by atoms with Gasteiger partial charge in [0.1, 0.15) is 18.1 Å². The van der Waals surface area contributed by atoms with E-state index in [-0.39, 0.29) is 11.3 Å². The van der Waals surface area contributed by atoms with Gasteiger partial charge in [-0.25, -0.2) is 4.79 Å². The lowest BCUT2D eigenvalue weighted by atomic mass is 9.94. The topological polar surface area (TPSA) is 96.4 Å². The number of nitrogens with zero attached hydrogens (tertiary/aromatic N) is 2. The Kier molecular flexibility index (Phi) is 7.11. The largest absolute Gasteiger partial charge is 0.507 e. The third-order valence-corrected chi connectivity index (χ3v) is 6.95. The summed E-state index contributed by atoms with van der Waals surface area (Å²) in [4.78, 5) is 42.7. The van der Waals surface area contributed by atoms with Crippen molar-refractivity contribution in [3.63, 3.8) is 0 Å². The van der Waals surface area contributed by atoms with E-state index >= 15 is 0 Å². The van der Waals surface area contributed by atoms with Crippen LogP contribution in [0.1, 0.15) is 46.4 Å². The highest BCUT2D eigenvalue weighted by Gasteiger charge is 2.47. The Morgan fingerprint density at radius 3 is 2.51 bits per heavy atom. The predicted molar refractivity (Wildman–Crippen MR) is 148 cm³/mol. The van der Waals surface area contributed by atoms with Crippen molar-refractivity contribution >= 4 is 34.8 Å². The maximum absolute atomic E-state index is 13.5. The van der Waals surface area contributed by atoms with E-state index in [1.165, 1.54) is 4.90 Å². The predicted octanol–water partition coefficient (Wildman–Crippen LogP) is 5.02. The first-order valence-corrected chi connectivity index (χ1v) is 12.9. The van der Waals surface area contributed by atoms with Gasteiger partial charge in [-0.1, -0.05) is 36.8 Å². The van der Waals surface area contributed by atoms with Crippen molar-refractivity contribution in [3.05, 3.63) is 94.6 Å². The average molecular weight is 527 g/mol. The van der Waals surface area contributed by atoms with E-state index in [4.69, 9.17) is 9.47 Å². The lowest BCUT2D eigenvalue weighted by Crippen LogP contribution is -2.29. The number of carbonyl (C=O) groups excluding carboxylic acids is 3. The molecule has 0 spiro atoms. The highest BCUT2D eigenvalue weighted by molar-refractivity contribution is 6.51. The summed E-state index contributed by atoms with van der Waals surface area (Å²) in [5.41, 5.74) is 3.59. The van der Waals surface area contributed by atoms with Gasteiger partial charge >= 0.3 is 5.97 Å². The Balaban J connectivity index is 1.61. The zero-order valence-electron chi connectivity index (χ0n) is 22.1. The third kappa shape index (κ3) is 4.85. The third-order valence-electron chi connectivity index (χ3n) is 6.95. The molecule has 3 aromatic rings. The van der Waals surface area contributed by atoms with Crippen LogP contribution in [0.15, 0.2) is 72.3 Å². The van der Waals surface area contributed by atoms with Crippen LogP contribution >= 0.6 is 0 Å². The maximum atomic E-state index is 13.5. The molecule has 0 saturated carbocycles. The summed E-state index contributed by atoms with van der Waals surface area (Å²) in [7, 11) is 1.93. The van der Waals surface area contributed by atoms with Crippen LogP contribution in [-0.2, 0) is 14.3 Å². The first-order valence-electron chi connectivity index (χ1n) is 12.9. The molecule has 5 rings (SSSR count). The first kappa shape index (κ1) is 26.0. The molecule has 39 heavy (non-hydrogen) atoms. The summed E-state index contributed by atoms with van der Waals surface area (Å²) in [6.45, 7) is 5.39. The maximum Gasteiger partial charge on any atom is 0.338 e. The van der Waals surface area contributed by atoms with Crippen LogP contribution in [0, 0.1) is 6.92 Å². The van der Waals surface area contributed by atoms with Gasteiger partial charge in [0.05, 0.1) is 36.0 Å². The molecular weight excluding hydrogens is 496 g/mol. The number of aryl methyl sites for hydroxylation is 1. The van der Waals surface area contributed by atoms with Crippen molar-refractivity contribution in [2.24, 2.45) is 0 Å². The molecule has 1 N–H and O–H groups in total. The van der Waals surface area contributed by atoms with Crippen LogP contribution in [-0.4, -0.2) is 49.6 Å². The number of esters is 1. The SMILES string of the molecule is CCCOC(=O)c1ccc(N2C(=O)C(=O)/C(=C(\O)c3ccc4c(c3)N(C)CCO4)C2c2cccc(C)c2)cc1. The Hall–Kier alpha value is -4.59. The minimum Gasteiger partial charge on any atom is -0.507 e. The Bertz CT molecular complexity index is 1480. The van der Waals surface area contributed by atoms with Crippen LogP contribution in [0.2, 0.25) is 0 Å². The molecular formula is C31H30N2O6. The molecule has 1 amide bonds. The molecule has 2 aliphatic rings. The molecule has 8 nitrogen and oxygen atoms in total. The van der Waals surface area contributed by atoms with E-state index in [0.29, 0.717) is 54.3 Å². The van der Waals surface area contributed by atoms with Crippen molar-refractivity contribution < 1.29 is 29.0 Å². The molecule has 0 bridgehead atoms. The number of ether oxygens (including phenoxy) is 2. The number of rotatable bonds is 6. The van der Waals surface area contributed by atoms with Gasteiger partial charge in [-0.15, -0.1) is 0 Å². The van der Waals surface area contributed by atoms with Gasteiger partial charge in [0.15, 0.2) is 0 Å². The van der Waals surface area contributed by atoms with E-state index in [9.17, 15) is 19.5 Å². The monoisotopic (exact) mass is 526 g/mol. The number of carbonyl (C=O) groups is 3. The number of amides is 1.